The molecule has 0 spiro atoms. The Bertz CT molecular complexity index is 2620. The molecular formula is C46H44N8O6. The van der Waals surface area contributed by atoms with Crippen LogP contribution in [0.15, 0.2) is 67.0 Å². The molecule has 14 nitrogen and oxygen atoms in total. The van der Waals surface area contributed by atoms with E-state index < -0.39 is 11.9 Å². The van der Waals surface area contributed by atoms with Crippen molar-refractivity contribution < 1.29 is 28.7 Å². The topological polar surface area (TPSA) is 169 Å². The highest BCUT2D eigenvalue weighted by Gasteiger charge is 2.40. The van der Waals surface area contributed by atoms with Crippen LogP contribution in [-0.4, -0.2) is 91.2 Å². The second kappa shape index (κ2) is 16.5. The zero-order valence-corrected chi connectivity index (χ0v) is 33.3. The molecule has 2 saturated heterocycles. The summed E-state index contributed by atoms with van der Waals surface area (Å²) in [6.45, 7) is 5.63. The predicted molar refractivity (Wildman–Crippen MR) is 221 cm³/mol. The van der Waals surface area contributed by atoms with Gasteiger partial charge in [-0.15, -0.1) is 0 Å². The van der Waals surface area contributed by atoms with Crippen molar-refractivity contribution in [3.05, 3.63) is 101 Å². The average Bonchev–Trinajstić information content (AvgIpc) is 3.82. The number of carbonyl (C=O) groups is 5. The normalized spacial score (nSPS) is 17.8. The molecule has 2 fully saturated rings. The van der Waals surface area contributed by atoms with Crippen LogP contribution >= 0.6 is 0 Å². The summed E-state index contributed by atoms with van der Waals surface area (Å²) in [4.78, 5) is 80.5. The molecule has 9 rings (SSSR count). The smallest absolute Gasteiger partial charge is 0.269 e. The van der Waals surface area contributed by atoms with E-state index in [1.807, 2.05) is 35.4 Å². The fourth-order valence-corrected chi connectivity index (χ4v) is 8.69. The molecule has 2 aromatic carbocycles. The van der Waals surface area contributed by atoms with Gasteiger partial charge in [0, 0.05) is 105 Å². The standard InChI is InChI=1S/C46H44N8O6/c1-28(55)52-19-20-53-40(27-52)42(51-43(53)30-16-21-60-22-17-30)33-10-6-9-31-23-38(49-25-35(31)33)32-12-13-37(48-24-32)44(57)47-18-4-2-3-7-29-8-5-11-34-36(29)26-54(46(34)59)39-14-15-41(56)50-45(39)58/h5-6,8-13,23-25,30,39H,2,4,14-22,26-27H2,1H3,(H,47,57)(H,50,56,58). The molecule has 4 aliphatic rings. The summed E-state index contributed by atoms with van der Waals surface area (Å²) < 4.78 is 7.98. The Labute approximate surface area is 346 Å². The van der Waals surface area contributed by atoms with Crippen molar-refractivity contribution in [3.8, 4) is 34.4 Å². The van der Waals surface area contributed by atoms with Gasteiger partial charge in [0.05, 0.1) is 23.6 Å². The minimum atomic E-state index is -0.679. The summed E-state index contributed by atoms with van der Waals surface area (Å²) in [5.74, 6) is 6.48. The Balaban J connectivity index is 0.832. The highest BCUT2D eigenvalue weighted by Crippen LogP contribution is 2.38. The molecule has 1 unspecified atom stereocenters. The molecule has 5 amide bonds. The third-order valence-corrected chi connectivity index (χ3v) is 11.9. The number of hydrogen-bond donors (Lipinski definition) is 2. The van der Waals surface area contributed by atoms with Crippen LogP contribution in [0, 0.1) is 11.8 Å². The van der Waals surface area contributed by atoms with Gasteiger partial charge < -0.3 is 24.4 Å². The molecule has 0 aliphatic carbocycles. The zero-order chi connectivity index (χ0) is 41.3. The number of aromatic nitrogens is 4. The van der Waals surface area contributed by atoms with Gasteiger partial charge in [0.15, 0.2) is 0 Å². The lowest BCUT2D eigenvalue weighted by Gasteiger charge is -2.30. The van der Waals surface area contributed by atoms with Crippen LogP contribution in [0.3, 0.4) is 0 Å². The maximum atomic E-state index is 13.1. The lowest BCUT2D eigenvalue weighted by Crippen LogP contribution is -2.52. The van der Waals surface area contributed by atoms with E-state index in [0.717, 1.165) is 88.5 Å². The first-order valence-corrected chi connectivity index (χ1v) is 20.5. The summed E-state index contributed by atoms with van der Waals surface area (Å²) in [5, 5.41) is 7.21. The largest absolute Gasteiger partial charge is 0.381 e. The van der Waals surface area contributed by atoms with Gasteiger partial charge in [0.1, 0.15) is 17.6 Å². The lowest BCUT2D eigenvalue weighted by atomic mass is 9.99. The summed E-state index contributed by atoms with van der Waals surface area (Å²) in [6, 6.07) is 16.4. The highest BCUT2D eigenvalue weighted by atomic mass is 16.5. The number of nitrogens with zero attached hydrogens (tertiary/aromatic N) is 6. The van der Waals surface area contributed by atoms with Crippen molar-refractivity contribution in [2.24, 2.45) is 0 Å². The van der Waals surface area contributed by atoms with Gasteiger partial charge >= 0.3 is 0 Å². The lowest BCUT2D eigenvalue weighted by molar-refractivity contribution is -0.137. The monoisotopic (exact) mass is 804 g/mol. The van der Waals surface area contributed by atoms with Gasteiger partial charge in [0.2, 0.25) is 17.7 Å². The Morgan fingerprint density at radius 1 is 0.950 bits per heavy atom. The molecule has 4 aliphatic heterocycles. The second-order valence-electron chi connectivity index (χ2n) is 15.7. The Hall–Kier alpha value is -6.72. The summed E-state index contributed by atoms with van der Waals surface area (Å²) >= 11 is 0. The minimum Gasteiger partial charge on any atom is -0.381 e. The van der Waals surface area contributed by atoms with Gasteiger partial charge in [-0.3, -0.25) is 39.3 Å². The van der Waals surface area contributed by atoms with E-state index >= 15 is 0 Å². The number of nitrogens with one attached hydrogen (secondary N) is 2. The van der Waals surface area contributed by atoms with E-state index in [1.54, 1.807) is 31.3 Å². The quantitative estimate of drug-likeness (QED) is 0.128. The first kappa shape index (κ1) is 38.8. The van der Waals surface area contributed by atoms with Gasteiger partial charge in [0.25, 0.3) is 11.8 Å². The number of benzene rings is 2. The van der Waals surface area contributed by atoms with Crippen LogP contribution in [0.4, 0.5) is 0 Å². The number of amides is 5. The van der Waals surface area contributed by atoms with Crippen LogP contribution in [0.2, 0.25) is 0 Å². The third kappa shape index (κ3) is 7.52. The molecule has 14 heteroatoms. The molecule has 2 N–H and O–H groups in total. The number of unbranched alkanes of at least 4 members (excludes halogenated alkanes) is 1. The Morgan fingerprint density at radius 2 is 1.78 bits per heavy atom. The molecule has 5 aromatic rings. The van der Waals surface area contributed by atoms with Crippen molar-refractivity contribution in [1.29, 1.82) is 0 Å². The number of imide groups is 1. The van der Waals surface area contributed by atoms with Crippen LogP contribution in [0.25, 0.3) is 33.3 Å². The number of piperidine rings is 1. The van der Waals surface area contributed by atoms with Crippen molar-refractivity contribution in [1.82, 2.24) is 40.0 Å². The fourth-order valence-electron chi connectivity index (χ4n) is 8.69. The van der Waals surface area contributed by atoms with E-state index in [1.165, 1.54) is 4.90 Å². The number of ether oxygens (including phenoxy) is 1. The maximum Gasteiger partial charge on any atom is 0.269 e. The maximum absolute atomic E-state index is 13.1. The Kier molecular flexibility index (Phi) is 10.7. The van der Waals surface area contributed by atoms with Crippen LogP contribution in [0.1, 0.15) is 94.9 Å². The van der Waals surface area contributed by atoms with E-state index in [9.17, 15) is 24.0 Å². The molecule has 0 saturated carbocycles. The Morgan fingerprint density at radius 3 is 2.58 bits per heavy atom. The average molecular weight is 805 g/mol. The molecule has 1 atom stereocenters. The van der Waals surface area contributed by atoms with Crippen LogP contribution in [-0.2, 0) is 38.8 Å². The fraction of sp³-hybridized carbons (Fsp3) is 0.348. The summed E-state index contributed by atoms with van der Waals surface area (Å²) in [6.07, 6.45) is 7.02. The molecule has 7 heterocycles. The predicted octanol–water partition coefficient (Wildman–Crippen LogP) is 4.74. The van der Waals surface area contributed by atoms with Gasteiger partial charge in [-0.1, -0.05) is 36.1 Å². The van der Waals surface area contributed by atoms with Crippen molar-refractivity contribution >= 4 is 40.3 Å². The van der Waals surface area contributed by atoms with Crippen LogP contribution < -0.4 is 10.6 Å². The molecule has 3 aromatic heterocycles. The molecule has 0 radical (unpaired) electrons. The summed E-state index contributed by atoms with van der Waals surface area (Å²) in [7, 11) is 0. The second-order valence-corrected chi connectivity index (χ2v) is 15.7. The minimum absolute atomic E-state index is 0.0559. The van der Waals surface area contributed by atoms with E-state index in [4.69, 9.17) is 14.7 Å². The first-order valence-electron chi connectivity index (χ1n) is 20.5. The van der Waals surface area contributed by atoms with Crippen molar-refractivity contribution in [2.45, 2.75) is 77.0 Å². The number of carbonyl (C=O) groups excluding carboxylic acids is 5. The van der Waals surface area contributed by atoms with Crippen LogP contribution in [0.5, 0.6) is 0 Å². The SMILES string of the molecule is CC(=O)N1CCn2c(C3CCOCC3)nc(-c3cccc4cc(-c5ccc(C(=O)NCCCC#Cc6cccc7c6CN(C6CCC(=O)NC6=O)C7=O)nc5)ncc34)c2C1. The molecular weight excluding hydrogens is 761 g/mol. The molecule has 0 bridgehead atoms. The molecule has 304 valence electrons. The summed E-state index contributed by atoms with van der Waals surface area (Å²) in [5.41, 5.74) is 6.76. The molecule has 60 heavy (non-hydrogen) atoms. The highest BCUT2D eigenvalue weighted by molar-refractivity contribution is 6.05. The number of hydrogen-bond acceptors (Lipinski definition) is 9. The number of fused-ring (bicyclic) bond motifs is 3. The first-order chi connectivity index (χ1) is 29.2. The number of rotatable bonds is 8. The van der Waals surface area contributed by atoms with E-state index in [-0.39, 0.29) is 36.6 Å². The third-order valence-electron chi connectivity index (χ3n) is 11.9. The van der Waals surface area contributed by atoms with Gasteiger partial charge in [-0.05, 0) is 67.0 Å². The van der Waals surface area contributed by atoms with Crippen molar-refractivity contribution in [3.63, 3.8) is 0 Å². The number of imidazole rings is 1. The van der Waals surface area contributed by atoms with E-state index in [0.29, 0.717) is 56.1 Å². The van der Waals surface area contributed by atoms with Crippen molar-refractivity contribution in [2.75, 3.05) is 26.3 Å². The van der Waals surface area contributed by atoms with E-state index in [2.05, 4.69) is 44.2 Å². The zero-order valence-electron chi connectivity index (χ0n) is 33.3. The van der Waals surface area contributed by atoms with Gasteiger partial charge in [-0.2, -0.15) is 0 Å². The van der Waals surface area contributed by atoms with Gasteiger partial charge in [-0.25, -0.2) is 4.98 Å². The number of pyridine rings is 2.